The maximum atomic E-state index is 11.8. The molecule has 0 amide bonds. The highest BCUT2D eigenvalue weighted by molar-refractivity contribution is 6.32. The van der Waals surface area contributed by atoms with Gasteiger partial charge in [0.15, 0.2) is 0 Å². The van der Waals surface area contributed by atoms with Gasteiger partial charge in [-0.15, -0.1) is 0 Å². The minimum Gasteiger partial charge on any atom is -0.379 e. The lowest BCUT2D eigenvalue weighted by atomic mass is 10.3. The molecule has 5 heteroatoms. The van der Waals surface area contributed by atoms with Gasteiger partial charge in [-0.3, -0.25) is 4.79 Å². The Morgan fingerprint density at radius 1 is 1.59 bits per heavy atom. The number of nitrogens with one attached hydrogen (secondary N) is 1. The van der Waals surface area contributed by atoms with Crippen LogP contribution >= 0.6 is 11.6 Å². The number of aromatic nitrogens is 2. The van der Waals surface area contributed by atoms with E-state index in [-0.39, 0.29) is 10.6 Å². The first-order valence-electron chi connectivity index (χ1n) is 5.69. The molecule has 17 heavy (non-hydrogen) atoms. The third-order valence-corrected chi connectivity index (χ3v) is 2.59. The van der Waals surface area contributed by atoms with Crippen LogP contribution in [-0.4, -0.2) is 16.3 Å². The highest BCUT2D eigenvalue weighted by Crippen LogP contribution is 2.14. The molecular weight excluding hydrogens is 238 g/mol. The summed E-state index contributed by atoms with van der Waals surface area (Å²) >= 11 is 5.99. The van der Waals surface area contributed by atoms with Crippen LogP contribution < -0.4 is 10.9 Å². The molecule has 0 aromatic carbocycles. The fourth-order valence-corrected chi connectivity index (χ4v) is 1.54. The average molecular weight is 256 g/mol. The van der Waals surface area contributed by atoms with Crippen molar-refractivity contribution in [1.82, 2.24) is 9.78 Å². The topological polar surface area (TPSA) is 46.9 Å². The molecule has 0 unspecified atom stereocenters. The minimum atomic E-state index is -0.240. The van der Waals surface area contributed by atoms with Gasteiger partial charge in [0.05, 0.1) is 11.9 Å². The van der Waals surface area contributed by atoms with Crippen LogP contribution in [0, 0.1) is 0 Å². The molecule has 0 atom stereocenters. The van der Waals surface area contributed by atoms with Crippen molar-refractivity contribution < 1.29 is 0 Å². The third kappa shape index (κ3) is 3.89. The van der Waals surface area contributed by atoms with E-state index < -0.39 is 0 Å². The summed E-state index contributed by atoms with van der Waals surface area (Å²) < 4.78 is 1.38. The van der Waals surface area contributed by atoms with Gasteiger partial charge in [0, 0.05) is 13.1 Å². The van der Waals surface area contributed by atoms with Gasteiger partial charge < -0.3 is 5.32 Å². The second kappa shape index (κ2) is 6.45. The number of anilines is 1. The normalized spacial score (nSPS) is 10.1. The van der Waals surface area contributed by atoms with Crippen molar-refractivity contribution in [2.75, 3.05) is 11.9 Å². The van der Waals surface area contributed by atoms with Crippen LogP contribution in [0.25, 0.3) is 0 Å². The molecule has 1 aromatic rings. The van der Waals surface area contributed by atoms with E-state index in [0.717, 1.165) is 6.42 Å². The van der Waals surface area contributed by atoms with Gasteiger partial charge in [0.25, 0.3) is 5.56 Å². The summed E-state index contributed by atoms with van der Waals surface area (Å²) in [5.41, 5.74) is 1.55. The van der Waals surface area contributed by atoms with Crippen molar-refractivity contribution in [3.05, 3.63) is 33.2 Å². The third-order valence-electron chi connectivity index (χ3n) is 2.22. The molecule has 0 aliphatic carbocycles. The number of rotatable bonds is 5. The molecule has 0 bridgehead atoms. The Kier molecular flexibility index (Phi) is 5.22. The molecule has 0 saturated carbocycles. The largest absolute Gasteiger partial charge is 0.379 e. The second-order valence-corrected chi connectivity index (χ2v) is 4.44. The van der Waals surface area contributed by atoms with Crippen LogP contribution in [0.3, 0.4) is 0 Å². The lowest BCUT2D eigenvalue weighted by Gasteiger charge is -2.08. The Labute approximate surface area is 106 Å². The Bertz CT molecular complexity index is 461. The molecule has 0 saturated heterocycles. The molecule has 1 rings (SSSR count). The predicted molar refractivity (Wildman–Crippen MR) is 71.7 cm³/mol. The first kappa shape index (κ1) is 13.8. The molecule has 0 spiro atoms. The van der Waals surface area contributed by atoms with E-state index in [1.165, 1.54) is 10.3 Å². The Balaban J connectivity index is 2.85. The standard InChI is InChI=1S/C12H18ClN3O/c1-4-7-16-12(17)11(13)10(8-15-16)14-6-5-9(2)3/h5,8,14H,4,6-7H2,1-3H3. The Morgan fingerprint density at radius 3 is 2.88 bits per heavy atom. The van der Waals surface area contributed by atoms with Crippen molar-refractivity contribution in [3.8, 4) is 0 Å². The molecule has 0 radical (unpaired) electrons. The number of hydrogen-bond donors (Lipinski definition) is 1. The lowest BCUT2D eigenvalue weighted by molar-refractivity contribution is 0.568. The summed E-state index contributed by atoms with van der Waals surface area (Å²) in [5.74, 6) is 0. The summed E-state index contributed by atoms with van der Waals surface area (Å²) in [4.78, 5) is 11.8. The van der Waals surface area contributed by atoms with E-state index in [0.29, 0.717) is 18.8 Å². The summed E-state index contributed by atoms with van der Waals surface area (Å²) in [7, 11) is 0. The van der Waals surface area contributed by atoms with Crippen molar-refractivity contribution >= 4 is 17.3 Å². The number of nitrogens with zero attached hydrogens (tertiary/aromatic N) is 2. The molecule has 0 aliphatic heterocycles. The fraction of sp³-hybridized carbons (Fsp3) is 0.500. The molecule has 4 nitrogen and oxygen atoms in total. The maximum absolute atomic E-state index is 11.8. The van der Waals surface area contributed by atoms with Crippen molar-refractivity contribution in [2.24, 2.45) is 0 Å². The SMILES string of the molecule is CCCn1ncc(NCC=C(C)C)c(Cl)c1=O. The van der Waals surface area contributed by atoms with Crippen LogP contribution in [0.4, 0.5) is 5.69 Å². The fourth-order valence-electron chi connectivity index (χ4n) is 1.32. The van der Waals surface area contributed by atoms with Gasteiger partial charge in [-0.2, -0.15) is 5.10 Å². The van der Waals surface area contributed by atoms with E-state index in [9.17, 15) is 4.79 Å². The maximum Gasteiger partial charge on any atom is 0.287 e. The number of halogens is 1. The number of aryl methyl sites for hydroxylation is 1. The second-order valence-electron chi connectivity index (χ2n) is 4.06. The Morgan fingerprint density at radius 2 is 2.29 bits per heavy atom. The molecule has 0 fully saturated rings. The lowest BCUT2D eigenvalue weighted by Crippen LogP contribution is -2.24. The molecular formula is C12H18ClN3O. The average Bonchev–Trinajstić information content (AvgIpc) is 2.28. The van der Waals surface area contributed by atoms with Gasteiger partial charge in [0.1, 0.15) is 5.02 Å². The quantitative estimate of drug-likeness (QED) is 0.823. The number of hydrogen-bond acceptors (Lipinski definition) is 3. The molecule has 0 aliphatic rings. The number of allylic oxidation sites excluding steroid dienone is 1. The van der Waals surface area contributed by atoms with E-state index in [4.69, 9.17) is 11.6 Å². The monoisotopic (exact) mass is 255 g/mol. The van der Waals surface area contributed by atoms with E-state index in [1.807, 2.05) is 26.8 Å². The summed E-state index contributed by atoms with van der Waals surface area (Å²) in [6, 6.07) is 0. The van der Waals surface area contributed by atoms with Crippen LogP contribution in [0.15, 0.2) is 22.6 Å². The molecule has 1 N–H and O–H groups in total. The van der Waals surface area contributed by atoms with Crippen molar-refractivity contribution in [3.63, 3.8) is 0 Å². The smallest absolute Gasteiger partial charge is 0.287 e. The van der Waals surface area contributed by atoms with E-state index in [2.05, 4.69) is 10.4 Å². The van der Waals surface area contributed by atoms with Crippen molar-refractivity contribution in [1.29, 1.82) is 0 Å². The van der Waals surface area contributed by atoms with Crippen LogP contribution in [0.2, 0.25) is 5.02 Å². The molecule has 94 valence electrons. The van der Waals surface area contributed by atoms with Crippen molar-refractivity contribution in [2.45, 2.75) is 33.7 Å². The van der Waals surface area contributed by atoms with Gasteiger partial charge in [0.2, 0.25) is 0 Å². The highest BCUT2D eigenvalue weighted by atomic mass is 35.5. The molecule has 1 heterocycles. The predicted octanol–water partition coefficient (Wildman–Crippen LogP) is 2.68. The van der Waals surface area contributed by atoms with Crippen LogP contribution in [0.1, 0.15) is 27.2 Å². The van der Waals surface area contributed by atoms with E-state index in [1.54, 1.807) is 6.20 Å². The zero-order valence-electron chi connectivity index (χ0n) is 10.5. The zero-order chi connectivity index (χ0) is 12.8. The zero-order valence-corrected chi connectivity index (χ0v) is 11.2. The van der Waals surface area contributed by atoms with Gasteiger partial charge in [-0.05, 0) is 20.3 Å². The van der Waals surface area contributed by atoms with Gasteiger partial charge in [-0.25, -0.2) is 4.68 Å². The first-order valence-corrected chi connectivity index (χ1v) is 6.07. The van der Waals surface area contributed by atoms with Crippen LogP contribution in [-0.2, 0) is 6.54 Å². The highest BCUT2D eigenvalue weighted by Gasteiger charge is 2.07. The summed E-state index contributed by atoms with van der Waals surface area (Å²) in [5, 5.41) is 7.34. The van der Waals surface area contributed by atoms with E-state index >= 15 is 0 Å². The summed E-state index contributed by atoms with van der Waals surface area (Å²) in [6.07, 6.45) is 4.47. The minimum absolute atomic E-state index is 0.204. The van der Waals surface area contributed by atoms with Gasteiger partial charge in [-0.1, -0.05) is 30.2 Å². The molecule has 1 aromatic heterocycles. The summed E-state index contributed by atoms with van der Waals surface area (Å²) in [6.45, 7) is 7.25. The van der Waals surface area contributed by atoms with Crippen LogP contribution in [0.5, 0.6) is 0 Å². The van der Waals surface area contributed by atoms with Gasteiger partial charge >= 0.3 is 0 Å². The Hall–Kier alpha value is -1.29. The first-order chi connectivity index (χ1) is 8.06.